The van der Waals surface area contributed by atoms with Gasteiger partial charge in [-0.15, -0.1) is 0 Å². The van der Waals surface area contributed by atoms with E-state index in [1.165, 1.54) is 5.56 Å². The third-order valence-electron chi connectivity index (χ3n) is 2.78. The molecule has 2 rings (SSSR count). The van der Waals surface area contributed by atoms with Gasteiger partial charge >= 0.3 is 0 Å². The Bertz CT molecular complexity index is 525. The van der Waals surface area contributed by atoms with E-state index in [1.807, 2.05) is 12.1 Å². The van der Waals surface area contributed by atoms with Gasteiger partial charge in [0.1, 0.15) is 0 Å². The fraction of sp³-hybridized carbons (Fsp3) is 0.286. The van der Waals surface area contributed by atoms with Crippen LogP contribution in [0.25, 0.3) is 0 Å². The van der Waals surface area contributed by atoms with Crippen molar-refractivity contribution < 1.29 is 0 Å². The van der Waals surface area contributed by atoms with Crippen molar-refractivity contribution in [2.45, 2.75) is 20.4 Å². The zero-order chi connectivity index (χ0) is 13.0. The molecule has 18 heavy (non-hydrogen) atoms. The van der Waals surface area contributed by atoms with E-state index < -0.39 is 0 Å². The van der Waals surface area contributed by atoms with E-state index >= 15 is 0 Å². The van der Waals surface area contributed by atoms with Crippen LogP contribution in [0.5, 0.6) is 0 Å². The maximum atomic E-state index is 5.61. The summed E-state index contributed by atoms with van der Waals surface area (Å²) in [6, 6.07) is 10.2. The van der Waals surface area contributed by atoms with Crippen LogP contribution in [0.15, 0.2) is 36.5 Å². The molecular formula is C14H18N4. The third kappa shape index (κ3) is 2.65. The Balaban J connectivity index is 2.38. The molecule has 1 heterocycles. The lowest BCUT2D eigenvalue weighted by atomic mass is 10.2. The predicted molar refractivity (Wildman–Crippen MR) is 73.8 cm³/mol. The Morgan fingerprint density at radius 3 is 2.78 bits per heavy atom. The lowest BCUT2D eigenvalue weighted by molar-refractivity contribution is 0.900. The van der Waals surface area contributed by atoms with Gasteiger partial charge in [-0.3, -0.25) is 0 Å². The van der Waals surface area contributed by atoms with Gasteiger partial charge in [-0.2, -0.15) is 0 Å². The minimum absolute atomic E-state index is 0.431. The Morgan fingerprint density at radius 2 is 2.11 bits per heavy atom. The molecule has 0 atom stereocenters. The second-order valence-electron chi connectivity index (χ2n) is 4.14. The Labute approximate surface area is 107 Å². The average Bonchev–Trinajstić information content (AvgIpc) is 2.40. The molecule has 1 aromatic heterocycles. The highest BCUT2D eigenvalue weighted by Gasteiger charge is 2.10. The van der Waals surface area contributed by atoms with Crippen molar-refractivity contribution in [2.75, 3.05) is 11.4 Å². The molecule has 0 fully saturated rings. The maximum absolute atomic E-state index is 5.61. The summed E-state index contributed by atoms with van der Waals surface area (Å²) in [7, 11) is 0. The monoisotopic (exact) mass is 242 g/mol. The van der Waals surface area contributed by atoms with Crippen LogP contribution in [0.3, 0.4) is 0 Å². The average molecular weight is 242 g/mol. The van der Waals surface area contributed by atoms with E-state index in [4.69, 9.17) is 5.73 Å². The first-order chi connectivity index (χ1) is 8.74. The Hall–Kier alpha value is -1.94. The van der Waals surface area contributed by atoms with Crippen molar-refractivity contribution >= 4 is 11.6 Å². The fourth-order valence-corrected chi connectivity index (χ4v) is 1.86. The van der Waals surface area contributed by atoms with E-state index in [0.717, 1.165) is 17.9 Å². The van der Waals surface area contributed by atoms with Gasteiger partial charge < -0.3 is 10.6 Å². The number of nitrogens with two attached hydrogens (primary N) is 1. The highest BCUT2D eigenvalue weighted by atomic mass is 15.2. The molecule has 0 aliphatic carbocycles. The first kappa shape index (κ1) is 12.5. The van der Waals surface area contributed by atoms with Gasteiger partial charge in [0.05, 0.1) is 5.69 Å². The van der Waals surface area contributed by atoms with Crippen molar-refractivity contribution in [2.24, 2.45) is 5.73 Å². The molecule has 4 heteroatoms. The van der Waals surface area contributed by atoms with Gasteiger partial charge in [-0.1, -0.05) is 12.1 Å². The van der Waals surface area contributed by atoms with Crippen molar-refractivity contribution in [1.82, 2.24) is 9.97 Å². The van der Waals surface area contributed by atoms with Crippen LogP contribution in [-0.4, -0.2) is 16.5 Å². The van der Waals surface area contributed by atoms with Gasteiger partial charge in [0.2, 0.25) is 5.95 Å². The Kier molecular flexibility index (Phi) is 3.89. The number of hydrogen-bond donors (Lipinski definition) is 1. The summed E-state index contributed by atoms with van der Waals surface area (Å²) >= 11 is 0. The number of aryl methyl sites for hydroxylation is 1. The summed E-state index contributed by atoms with van der Waals surface area (Å²) < 4.78 is 0. The molecule has 0 saturated carbocycles. The van der Waals surface area contributed by atoms with Crippen LogP contribution >= 0.6 is 0 Å². The van der Waals surface area contributed by atoms with Crippen molar-refractivity contribution in [3.8, 4) is 0 Å². The highest BCUT2D eigenvalue weighted by Crippen LogP contribution is 2.22. The first-order valence-corrected chi connectivity index (χ1v) is 6.10. The van der Waals surface area contributed by atoms with Crippen LogP contribution < -0.4 is 10.6 Å². The zero-order valence-corrected chi connectivity index (χ0v) is 10.8. The third-order valence-corrected chi connectivity index (χ3v) is 2.78. The first-order valence-electron chi connectivity index (χ1n) is 6.10. The summed E-state index contributed by atoms with van der Waals surface area (Å²) in [5, 5.41) is 0. The molecule has 2 N–H and O–H groups in total. The minimum Gasteiger partial charge on any atom is -0.325 e. The highest BCUT2D eigenvalue weighted by molar-refractivity contribution is 5.57. The lowest BCUT2D eigenvalue weighted by Crippen LogP contribution is -2.19. The van der Waals surface area contributed by atoms with Crippen molar-refractivity contribution in [1.29, 1.82) is 0 Å². The number of benzene rings is 1. The molecule has 94 valence electrons. The van der Waals surface area contributed by atoms with E-state index in [0.29, 0.717) is 12.5 Å². The van der Waals surface area contributed by atoms with Gasteiger partial charge in [0.15, 0.2) is 0 Å². The normalized spacial score (nSPS) is 10.4. The molecule has 0 radical (unpaired) electrons. The number of anilines is 2. The molecule has 2 aromatic rings. The molecule has 0 unspecified atom stereocenters. The van der Waals surface area contributed by atoms with Crippen LogP contribution in [0.1, 0.15) is 18.2 Å². The fourth-order valence-electron chi connectivity index (χ4n) is 1.86. The summed E-state index contributed by atoms with van der Waals surface area (Å²) in [6.07, 6.45) is 1.75. The standard InChI is InChI=1S/C14H18N4/c1-3-18(13-6-4-5-11(2)9-13)14-16-8-7-12(10-15)17-14/h4-9H,3,10,15H2,1-2H3. The van der Waals surface area contributed by atoms with Crippen LogP contribution in [0, 0.1) is 6.92 Å². The topological polar surface area (TPSA) is 55.0 Å². The summed E-state index contributed by atoms with van der Waals surface area (Å²) in [5.74, 6) is 0.700. The van der Waals surface area contributed by atoms with Crippen LogP contribution in [0.2, 0.25) is 0 Å². The van der Waals surface area contributed by atoms with E-state index in [9.17, 15) is 0 Å². The molecule has 1 aromatic carbocycles. The van der Waals surface area contributed by atoms with E-state index in [2.05, 4.69) is 46.9 Å². The number of rotatable bonds is 4. The van der Waals surface area contributed by atoms with Gasteiger partial charge in [0, 0.05) is 25.0 Å². The van der Waals surface area contributed by atoms with Crippen LogP contribution in [0.4, 0.5) is 11.6 Å². The predicted octanol–water partition coefficient (Wildman–Crippen LogP) is 2.40. The quantitative estimate of drug-likeness (QED) is 0.894. The molecule has 0 spiro atoms. The molecule has 4 nitrogen and oxygen atoms in total. The van der Waals surface area contributed by atoms with Crippen molar-refractivity contribution in [3.63, 3.8) is 0 Å². The second-order valence-corrected chi connectivity index (χ2v) is 4.14. The molecule has 0 saturated heterocycles. The molecular weight excluding hydrogens is 224 g/mol. The smallest absolute Gasteiger partial charge is 0.230 e. The molecule has 0 bridgehead atoms. The van der Waals surface area contributed by atoms with E-state index in [1.54, 1.807) is 6.20 Å². The van der Waals surface area contributed by atoms with Crippen LogP contribution in [-0.2, 0) is 6.54 Å². The second kappa shape index (κ2) is 5.60. The Morgan fingerprint density at radius 1 is 1.28 bits per heavy atom. The summed E-state index contributed by atoms with van der Waals surface area (Å²) in [6.45, 7) is 5.41. The summed E-state index contributed by atoms with van der Waals surface area (Å²) in [4.78, 5) is 10.9. The minimum atomic E-state index is 0.431. The maximum Gasteiger partial charge on any atom is 0.230 e. The van der Waals surface area contributed by atoms with E-state index in [-0.39, 0.29) is 0 Å². The largest absolute Gasteiger partial charge is 0.325 e. The summed E-state index contributed by atoms with van der Waals surface area (Å²) in [5.41, 5.74) is 8.79. The number of nitrogens with zero attached hydrogens (tertiary/aromatic N) is 3. The van der Waals surface area contributed by atoms with Gasteiger partial charge in [-0.25, -0.2) is 9.97 Å². The molecule has 0 aliphatic rings. The molecule has 0 amide bonds. The SMILES string of the molecule is CCN(c1cccc(C)c1)c1nccc(CN)n1. The number of hydrogen-bond acceptors (Lipinski definition) is 4. The van der Waals surface area contributed by atoms with Crippen molar-refractivity contribution in [3.05, 3.63) is 47.8 Å². The number of aromatic nitrogens is 2. The lowest BCUT2D eigenvalue weighted by Gasteiger charge is -2.21. The molecule has 0 aliphatic heterocycles. The van der Waals surface area contributed by atoms with Gasteiger partial charge in [0.25, 0.3) is 0 Å². The van der Waals surface area contributed by atoms with Gasteiger partial charge in [-0.05, 0) is 37.6 Å². The zero-order valence-electron chi connectivity index (χ0n) is 10.8.